The van der Waals surface area contributed by atoms with Gasteiger partial charge in [-0.05, 0) is 61.1 Å². The molecular weight excluding hydrogens is 436 g/mol. The Hall–Kier alpha value is -4.04. The van der Waals surface area contributed by atoms with Gasteiger partial charge in [0.1, 0.15) is 0 Å². The SMILES string of the molecule is CC#C/C(=C\C=NC)C(=O)CCCCc1ccc(C2=Nc3cccc(C(=O)OC)c3C3=CC32)cc1. The van der Waals surface area contributed by atoms with Gasteiger partial charge in [0.25, 0.3) is 0 Å². The van der Waals surface area contributed by atoms with Crippen molar-refractivity contribution in [3.8, 4) is 11.8 Å². The molecule has 0 radical (unpaired) electrons. The van der Waals surface area contributed by atoms with Crippen LogP contribution in [-0.4, -0.2) is 37.8 Å². The topological polar surface area (TPSA) is 68.1 Å². The molecule has 1 heterocycles. The quantitative estimate of drug-likeness (QED) is 0.161. The first kappa shape index (κ1) is 24.1. The van der Waals surface area contributed by atoms with Crippen molar-refractivity contribution in [2.75, 3.05) is 14.2 Å². The van der Waals surface area contributed by atoms with E-state index < -0.39 is 0 Å². The number of carbonyl (C=O) groups excluding carboxylic acids is 2. The zero-order chi connectivity index (χ0) is 24.8. The Morgan fingerprint density at radius 2 is 1.94 bits per heavy atom. The lowest BCUT2D eigenvalue weighted by atomic mass is 9.92. The molecule has 0 fully saturated rings. The maximum absolute atomic E-state index is 12.4. The number of aryl methyl sites for hydroxylation is 1. The van der Waals surface area contributed by atoms with Crippen LogP contribution in [0.1, 0.15) is 53.2 Å². The van der Waals surface area contributed by atoms with E-state index in [-0.39, 0.29) is 17.7 Å². The first-order chi connectivity index (χ1) is 17.1. The highest BCUT2D eigenvalue weighted by Crippen LogP contribution is 2.50. The van der Waals surface area contributed by atoms with Gasteiger partial charge in [-0.25, -0.2) is 4.79 Å². The zero-order valence-electron chi connectivity index (χ0n) is 20.3. The summed E-state index contributed by atoms with van der Waals surface area (Å²) >= 11 is 0. The van der Waals surface area contributed by atoms with Crippen LogP contribution in [0.2, 0.25) is 0 Å². The Bertz CT molecular complexity index is 1330. The highest BCUT2D eigenvalue weighted by molar-refractivity contribution is 6.21. The molecule has 0 spiro atoms. The summed E-state index contributed by atoms with van der Waals surface area (Å²) < 4.78 is 4.94. The Kier molecular flexibility index (Phi) is 7.52. The van der Waals surface area contributed by atoms with Crippen LogP contribution < -0.4 is 0 Å². The van der Waals surface area contributed by atoms with E-state index in [1.165, 1.54) is 12.7 Å². The molecule has 176 valence electrons. The van der Waals surface area contributed by atoms with Crippen LogP contribution in [0.25, 0.3) is 5.57 Å². The number of ketones is 1. The van der Waals surface area contributed by atoms with Crippen molar-refractivity contribution in [1.82, 2.24) is 0 Å². The van der Waals surface area contributed by atoms with Gasteiger partial charge in [0.2, 0.25) is 0 Å². The second-order valence-corrected chi connectivity index (χ2v) is 8.48. The number of hydrogen-bond donors (Lipinski definition) is 0. The first-order valence-corrected chi connectivity index (χ1v) is 11.8. The normalized spacial score (nSPS) is 15.9. The van der Waals surface area contributed by atoms with Crippen molar-refractivity contribution in [1.29, 1.82) is 0 Å². The summed E-state index contributed by atoms with van der Waals surface area (Å²) in [4.78, 5) is 33.3. The Morgan fingerprint density at radius 3 is 2.66 bits per heavy atom. The number of ether oxygens (including phenoxy) is 1. The van der Waals surface area contributed by atoms with Crippen molar-refractivity contribution >= 4 is 34.9 Å². The molecule has 2 aromatic carbocycles. The maximum atomic E-state index is 12.4. The highest BCUT2D eigenvalue weighted by Gasteiger charge is 2.39. The number of esters is 1. The molecule has 0 N–H and O–H groups in total. The number of unbranched alkanes of at least 4 members (excludes halogenated alkanes) is 1. The summed E-state index contributed by atoms with van der Waals surface area (Å²) in [6.07, 6.45) is 8.57. The fourth-order valence-corrected chi connectivity index (χ4v) is 4.34. The van der Waals surface area contributed by atoms with Gasteiger partial charge in [0.05, 0.1) is 29.6 Å². The molecule has 35 heavy (non-hydrogen) atoms. The zero-order valence-corrected chi connectivity index (χ0v) is 20.3. The summed E-state index contributed by atoms with van der Waals surface area (Å²) in [5.41, 5.74) is 7.26. The van der Waals surface area contributed by atoms with Crippen LogP contribution in [0.5, 0.6) is 0 Å². The number of nitrogens with zero attached hydrogens (tertiary/aromatic N) is 2. The first-order valence-electron chi connectivity index (χ1n) is 11.8. The molecule has 0 saturated carbocycles. The minimum absolute atomic E-state index is 0.0632. The van der Waals surface area contributed by atoms with Gasteiger partial charge in [0.15, 0.2) is 5.78 Å². The van der Waals surface area contributed by atoms with Gasteiger partial charge in [-0.2, -0.15) is 0 Å². The lowest BCUT2D eigenvalue weighted by Crippen LogP contribution is -2.12. The van der Waals surface area contributed by atoms with E-state index in [4.69, 9.17) is 9.73 Å². The van der Waals surface area contributed by atoms with Gasteiger partial charge in [-0.3, -0.25) is 14.8 Å². The van der Waals surface area contributed by atoms with E-state index >= 15 is 0 Å². The van der Waals surface area contributed by atoms with Crippen LogP contribution in [0, 0.1) is 17.8 Å². The lowest BCUT2D eigenvalue weighted by molar-refractivity contribution is -0.115. The molecule has 1 aliphatic heterocycles. The van der Waals surface area contributed by atoms with Crippen LogP contribution in [0.15, 0.2) is 70.2 Å². The van der Waals surface area contributed by atoms with Crippen LogP contribution in [0.4, 0.5) is 5.69 Å². The number of aliphatic imine (C=N–C) groups is 2. The van der Waals surface area contributed by atoms with Gasteiger partial charge >= 0.3 is 5.97 Å². The molecule has 5 heteroatoms. The second kappa shape index (κ2) is 10.9. The molecule has 4 rings (SSSR count). The molecule has 0 amide bonds. The number of rotatable bonds is 9. The van der Waals surface area contributed by atoms with Gasteiger partial charge < -0.3 is 4.74 Å². The summed E-state index contributed by atoms with van der Waals surface area (Å²) in [5, 5.41) is 0. The number of hydrogen-bond acceptors (Lipinski definition) is 5. The minimum Gasteiger partial charge on any atom is -0.465 e. The molecule has 1 unspecified atom stereocenters. The number of allylic oxidation sites excluding steroid dienone is 4. The molecule has 1 atom stereocenters. The average molecular weight is 465 g/mol. The van der Waals surface area contributed by atoms with Crippen molar-refractivity contribution in [2.45, 2.75) is 32.6 Å². The standard InChI is InChI=1S/C30H28N2O3/c1-4-8-21(17-18-31-2)27(33)12-6-5-9-20-13-15-22(16-14-20)29-25-19-24(25)28-23(30(34)35-3)10-7-11-26(28)32-29/h7,10-11,13-19,25H,5-6,9,12H2,1-3H3/b21-17+,31-18?. The summed E-state index contributed by atoms with van der Waals surface area (Å²) in [6, 6.07) is 14.1. The molecule has 0 aromatic heterocycles. The largest absolute Gasteiger partial charge is 0.465 e. The van der Waals surface area contributed by atoms with Gasteiger partial charge in [-0.1, -0.05) is 42.3 Å². The number of Topliss-reactive ketones (excluding diaryl/α,β-unsaturated/α-hetero) is 1. The molecule has 1 aliphatic carbocycles. The minimum atomic E-state index is -0.335. The number of carbonyl (C=O) groups is 2. The predicted octanol–water partition coefficient (Wildman–Crippen LogP) is 5.55. The molecule has 0 bridgehead atoms. The number of methoxy groups -OCH3 is 1. The third kappa shape index (κ3) is 5.38. The summed E-state index contributed by atoms with van der Waals surface area (Å²) in [6.45, 7) is 1.73. The summed E-state index contributed by atoms with van der Waals surface area (Å²) in [5.74, 6) is 5.54. The fraction of sp³-hybridized carbons (Fsp3) is 0.267. The maximum Gasteiger partial charge on any atom is 0.338 e. The van der Waals surface area contributed by atoms with Crippen molar-refractivity contribution in [2.24, 2.45) is 15.9 Å². The molecule has 5 nitrogen and oxygen atoms in total. The predicted molar refractivity (Wildman–Crippen MR) is 140 cm³/mol. The van der Waals surface area contributed by atoms with Crippen molar-refractivity contribution in [3.63, 3.8) is 0 Å². The lowest BCUT2D eigenvalue weighted by Gasteiger charge is -2.17. The monoisotopic (exact) mass is 464 g/mol. The van der Waals surface area contributed by atoms with Gasteiger partial charge in [-0.15, -0.1) is 5.92 Å². The molecular formula is C30H28N2O3. The van der Waals surface area contributed by atoms with Crippen molar-refractivity contribution in [3.05, 3.63) is 82.4 Å². The molecule has 2 aromatic rings. The smallest absolute Gasteiger partial charge is 0.338 e. The molecule has 2 aliphatic rings. The van der Waals surface area contributed by atoms with E-state index in [0.717, 1.165) is 47.4 Å². The van der Waals surface area contributed by atoms with E-state index in [1.807, 2.05) is 12.1 Å². The van der Waals surface area contributed by atoms with E-state index in [9.17, 15) is 9.59 Å². The van der Waals surface area contributed by atoms with Crippen LogP contribution in [-0.2, 0) is 16.0 Å². The van der Waals surface area contributed by atoms with Crippen LogP contribution in [0.3, 0.4) is 0 Å². The van der Waals surface area contributed by atoms with Crippen molar-refractivity contribution < 1.29 is 14.3 Å². The Morgan fingerprint density at radius 1 is 1.14 bits per heavy atom. The number of fused-ring (bicyclic) bond motifs is 3. The fourth-order valence-electron chi connectivity index (χ4n) is 4.34. The molecule has 0 saturated heterocycles. The van der Waals surface area contributed by atoms with E-state index in [0.29, 0.717) is 17.6 Å². The summed E-state index contributed by atoms with van der Waals surface area (Å²) in [7, 11) is 3.07. The van der Waals surface area contributed by atoms with E-state index in [2.05, 4.69) is 47.2 Å². The third-order valence-electron chi connectivity index (χ3n) is 6.16. The Balaban J connectivity index is 1.37. The average Bonchev–Trinajstić information content (AvgIpc) is 3.69. The third-order valence-corrected chi connectivity index (χ3v) is 6.16. The highest BCUT2D eigenvalue weighted by atomic mass is 16.5. The number of benzene rings is 2. The van der Waals surface area contributed by atoms with E-state index in [1.54, 1.807) is 32.3 Å². The second-order valence-electron chi connectivity index (χ2n) is 8.48. The van der Waals surface area contributed by atoms with Crippen LogP contribution >= 0.6 is 0 Å². The Labute approximate surface area is 206 Å². The van der Waals surface area contributed by atoms with Gasteiger partial charge in [0, 0.05) is 31.2 Å².